The lowest BCUT2D eigenvalue weighted by atomic mass is 10.00. The zero-order chi connectivity index (χ0) is 30.1. The molecule has 3 aromatic carbocycles. The molecule has 1 saturated heterocycles. The average molecular weight is 597 g/mol. The van der Waals surface area contributed by atoms with Crippen molar-refractivity contribution in [2.45, 2.75) is 49.8 Å². The van der Waals surface area contributed by atoms with Crippen LogP contribution in [0.4, 0.5) is 0 Å². The summed E-state index contributed by atoms with van der Waals surface area (Å²) in [6, 6.07) is 21.8. The van der Waals surface area contributed by atoms with E-state index in [-0.39, 0.29) is 30.0 Å². The van der Waals surface area contributed by atoms with Crippen molar-refractivity contribution in [2.75, 3.05) is 33.4 Å². The van der Waals surface area contributed by atoms with Gasteiger partial charge in [-0.3, -0.25) is 4.79 Å². The zero-order valence-corrected chi connectivity index (χ0v) is 25.1. The Labute approximate surface area is 248 Å². The highest BCUT2D eigenvalue weighted by Gasteiger charge is 2.32. The molecule has 1 amide bonds. The number of para-hydroxylation sites is 1. The second-order valence-electron chi connectivity index (χ2n) is 10.8. The quantitative estimate of drug-likeness (QED) is 0.290. The summed E-state index contributed by atoms with van der Waals surface area (Å²) in [6.07, 6.45) is -0.319. The van der Waals surface area contributed by atoms with E-state index in [0.29, 0.717) is 36.7 Å². The summed E-state index contributed by atoms with van der Waals surface area (Å²) in [4.78, 5) is 13.7. The lowest BCUT2D eigenvalue weighted by Crippen LogP contribution is -2.51. The van der Waals surface area contributed by atoms with E-state index in [1.165, 1.54) is 23.5 Å². The molecule has 3 unspecified atom stereocenters. The van der Waals surface area contributed by atoms with Crippen LogP contribution in [0.3, 0.4) is 0 Å². The number of nitrogens with zero attached hydrogens (tertiary/aromatic N) is 1. The summed E-state index contributed by atoms with van der Waals surface area (Å²) in [7, 11) is -2.44. The number of carbonyl (C=O) groups is 1. The fourth-order valence-electron chi connectivity index (χ4n) is 4.85. The van der Waals surface area contributed by atoms with Crippen LogP contribution >= 0.6 is 0 Å². The molecule has 0 radical (unpaired) electrons. The Balaban J connectivity index is 1.59. The Hall–Kier alpha value is -3.44. The molecule has 226 valence electrons. The van der Waals surface area contributed by atoms with Crippen molar-refractivity contribution in [3.8, 4) is 11.5 Å². The van der Waals surface area contributed by atoms with Crippen molar-refractivity contribution in [1.29, 1.82) is 0 Å². The molecule has 0 aromatic heterocycles. The standard InChI is InChI=1S/C32H40N2O7S/c1-23(2)20-34(42(37,38)27-15-13-25(39-3)14-16-27)21-30(35)29(19-24-9-5-4-6-10-24)33-32(36)28-11-7-8-12-31(28)41-26-17-18-40-22-26/h4-16,23,26,29-30,35H,17-22H2,1-3H3,(H,33,36). The molecule has 1 aliphatic rings. The smallest absolute Gasteiger partial charge is 0.255 e. The van der Waals surface area contributed by atoms with E-state index in [4.69, 9.17) is 14.2 Å². The van der Waals surface area contributed by atoms with Gasteiger partial charge in [-0.05, 0) is 54.3 Å². The molecule has 3 atom stereocenters. The molecule has 4 rings (SSSR count). The minimum Gasteiger partial charge on any atom is -0.497 e. The number of rotatable bonds is 14. The third-order valence-electron chi connectivity index (χ3n) is 7.05. The first kappa shape index (κ1) is 31.5. The lowest BCUT2D eigenvalue weighted by Gasteiger charge is -2.31. The number of ether oxygens (including phenoxy) is 3. The van der Waals surface area contributed by atoms with Crippen LogP contribution < -0.4 is 14.8 Å². The molecule has 0 saturated carbocycles. The largest absolute Gasteiger partial charge is 0.497 e. The monoisotopic (exact) mass is 596 g/mol. The fourth-order valence-corrected chi connectivity index (χ4v) is 6.47. The van der Waals surface area contributed by atoms with Gasteiger partial charge in [0, 0.05) is 19.5 Å². The van der Waals surface area contributed by atoms with E-state index in [9.17, 15) is 18.3 Å². The Morgan fingerprint density at radius 3 is 2.36 bits per heavy atom. The summed E-state index contributed by atoms with van der Waals surface area (Å²) < 4.78 is 45.3. The van der Waals surface area contributed by atoms with Crippen LogP contribution in [0.5, 0.6) is 11.5 Å². The van der Waals surface area contributed by atoms with Gasteiger partial charge in [-0.2, -0.15) is 4.31 Å². The van der Waals surface area contributed by atoms with Crippen LogP contribution in [0.15, 0.2) is 83.8 Å². The predicted octanol–water partition coefficient (Wildman–Crippen LogP) is 3.91. The highest BCUT2D eigenvalue weighted by molar-refractivity contribution is 7.89. The molecule has 42 heavy (non-hydrogen) atoms. The average Bonchev–Trinajstić information content (AvgIpc) is 3.50. The summed E-state index contributed by atoms with van der Waals surface area (Å²) in [5, 5.41) is 14.5. The molecule has 1 fully saturated rings. The third kappa shape index (κ3) is 8.32. The van der Waals surface area contributed by atoms with Crippen LogP contribution in [0, 0.1) is 5.92 Å². The fraction of sp³-hybridized carbons (Fsp3) is 0.406. The van der Waals surface area contributed by atoms with Crippen molar-refractivity contribution in [3.05, 3.63) is 90.0 Å². The first-order valence-electron chi connectivity index (χ1n) is 14.2. The van der Waals surface area contributed by atoms with Crippen LogP contribution in [0.25, 0.3) is 0 Å². The highest BCUT2D eigenvalue weighted by atomic mass is 32.2. The van der Waals surface area contributed by atoms with E-state index < -0.39 is 28.1 Å². The van der Waals surface area contributed by atoms with Gasteiger partial charge in [-0.15, -0.1) is 0 Å². The topological polar surface area (TPSA) is 114 Å². The number of aliphatic hydroxyl groups excluding tert-OH is 1. The summed E-state index contributed by atoms with van der Waals surface area (Å²) >= 11 is 0. The SMILES string of the molecule is COc1ccc(S(=O)(=O)N(CC(C)C)CC(O)C(Cc2ccccc2)NC(=O)c2ccccc2OC2CCOC2)cc1. The van der Waals surface area contributed by atoms with Crippen LogP contribution in [0.1, 0.15) is 36.2 Å². The molecule has 3 aromatic rings. The molecule has 0 aliphatic carbocycles. The summed E-state index contributed by atoms with van der Waals surface area (Å²) in [6.45, 7) is 4.88. The Bertz CT molecular complexity index is 1390. The van der Waals surface area contributed by atoms with Crippen molar-refractivity contribution in [1.82, 2.24) is 9.62 Å². The number of hydrogen-bond acceptors (Lipinski definition) is 7. The molecule has 1 aliphatic heterocycles. The maximum absolute atomic E-state index is 13.7. The predicted molar refractivity (Wildman–Crippen MR) is 160 cm³/mol. The number of carbonyl (C=O) groups excluding carboxylic acids is 1. The Morgan fingerprint density at radius 2 is 1.71 bits per heavy atom. The van der Waals surface area contributed by atoms with Crippen LogP contribution in [0.2, 0.25) is 0 Å². The molecular formula is C32H40N2O7S. The molecule has 10 heteroatoms. The van der Waals surface area contributed by atoms with Crippen LogP contribution in [-0.2, 0) is 21.2 Å². The number of sulfonamides is 1. The zero-order valence-electron chi connectivity index (χ0n) is 24.3. The van der Waals surface area contributed by atoms with Crippen molar-refractivity contribution < 1.29 is 32.5 Å². The van der Waals surface area contributed by atoms with Gasteiger partial charge in [0.1, 0.15) is 17.6 Å². The normalized spacial score (nSPS) is 16.8. The van der Waals surface area contributed by atoms with Gasteiger partial charge >= 0.3 is 0 Å². The van der Waals surface area contributed by atoms with Gasteiger partial charge in [-0.1, -0.05) is 56.3 Å². The second kappa shape index (κ2) is 14.6. The van der Waals surface area contributed by atoms with E-state index in [1.54, 1.807) is 36.4 Å². The van der Waals surface area contributed by atoms with Gasteiger partial charge in [0.15, 0.2) is 0 Å². The molecule has 0 spiro atoms. The van der Waals surface area contributed by atoms with Crippen LogP contribution in [-0.4, -0.2) is 75.4 Å². The Morgan fingerprint density at radius 1 is 1.02 bits per heavy atom. The van der Waals surface area contributed by atoms with E-state index in [1.807, 2.05) is 44.2 Å². The number of nitrogens with one attached hydrogen (secondary N) is 1. The first-order valence-corrected chi connectivity index (χ1v) is 15.6. The lowest BCUT2D eigenvalue weighted by molar-refractivity contribution is 0.0769. The second-order valence-corrected chi connectivity index (χ2v) is 12.8. The molecule has 0 bridgehead atoms. The van der Waals surface area contributed by atoms with E-state index in [0.717, 1.165) is 12.0 Å². The molecule has 2 N–H and O–H groups in total. The van der Waals surface area contributed by atoms with Gasteiger partial charge in [0.05, 0.1) is 42.9 Å². The number of benzene rings is 3. The summed E-state index contributed by atoms with van der Waals surface area (Å²) in [5.74, 6) is 0.551. The van der Waals surface area contributed by atoms with Crippen molar-refractivity contribution in [3.63, 3.8) is 0 Å². The maximum Gasteiger partial charge on any atom is 0.255 e. The van der Waals surface area contributed by atoms with Gasteiger partial charge in [0.2, 0.25) is 10.0 Å². The van der Waals surface area contributed by atoms with Gasteiger partial charge < -0.3 is 24.6 Å². The van der Waals surface area contributed by atoms with Crippen molar-refractivity contribution in [2.24, 2.45) is 5.92 Å². The minimum absolute atomic E-state index is 0.00372. The van der Waals surface area contributed by atoms with E-state index in [2.05, 4.69) is 5.32 Å². The minimum atomic E-state index is -3.95. The van der Waals surface area contributed by atoms with Crippen molar-refractivity contribution >= 4 is 15.9 Å². The number of hydrogen-bond donors (Lipinski definition) is 2. The van der Waals surface area contributed by atoms with Gasteiger partial charge in [0.25, 0.3) is 5.91 Å². The third-order valence-corrected chi connectivity index (χ3v) is 8.90. The highest BCUT2D eigenvalue weighted by Crippen LogP contribution is 2.24. The Kier molecular flexibility index (Phi) is 11.0. The molecule has 9 nitrogen and oxygen atoms in total. The van der Waals surface area contributed by atoms with Gasteiger partial charge in [-0.25, -0.2) is 8.42 Å². The number of methoxy groups -OCH3 is 1. The maximum atomic E-state index is 13.7. The number of amides is 1. The molecule has 1 heterocycles. The summed E-state index contributed by atoms with van der Waals surface area (Å²) in [5.41, 5.74) is 1.22. The molecular weight excluding hydrogens is 556 g/mol. The number of aliphatic hydroxyl groups is 1. The van der Waals surface area contributed by atoms with E-state index >= 15 is 0 Å². The first-order chi connectivity index (χ1) is 20.2.